The second kappa shape index (κ2) is 11.4. The normalized spacial score (nSPS) is 35.0. The maximum absolute atomic E-state index is 14.5. The number of esters is 1. The molecule has 2 amide bonds. The number of ether oxygens (including phenoxy) is 2. The fraction of sp³-hybridized carbons (Fsp3) is 0.828. The molecule has 37 heavy (non-hydrogen) atoms. The molecule has 4 fully saturated rings. The fourth-order valence-electron chi connectivity index (χ4n) is 7.70. The summed E-state index contributed by atoms with van der Waals surface area (Å²) in [6.45, 7) is 10.9. The van der Waals surface area contributed by atoms with Gasteiger partial charge in [-0.2, -0.15) is 0 Å². The second-order valence-electron chi connectivity index (χ2n) is 11.7. The molecule has 3 unspecified atom stereocenters. The number of hydrogen-bond acceptors (Lipinski definition) is 6. The van der Waals surface area contributed by atoms with Gasteiger partial charge in [-0.05, 0) is 51.9 Å². The fourth-order valence-corrected chi connectivity index (χ4v) is 7.70. The minimum atomic E-state index is -1.03. The van der Waals surface area contributed by atoms with Gasteiger partial charge in [-0.15, -0.1) is 6.58 Å². The molecule has 3 aliphatic heterocycles. The lowest BCUT2D eigenvalue weighted by Crippen LogP contribution is -2.58. The number of hydrogen-bond donors (Lipinski definition) is 1. The highest BCUT2D eigenvalue weighted by Gasteiger charge is 2.80. The zero-order chi connectivity index (χ0) is 26.8. The molecule has 4 aliphatic rings. The molecule has 1 N–H and O–H groups in total. The number of nitrogens with zero attached hydrogens (tertiary/aromatic N) is 2. The summed E-state index contributed by atoms with van der Waals surface area (Å²) in [6, 6.07) is -0.628. The monoisotopic (exact) mass is 518 g/mol. The van der Waals surface area contributed by atoms with E-state index in [0.29, 0.717) is 19.5 Å². The third-order valence-electron chi connectivity index (χ3n) is 9.52. The number of unbranched alkanes of at least 4 members (excludes halogenated alkanes) is 3. The Hall–Kier alpha value is -1.93. The average Bonchev–Trinajstić information content (AvgIpc) is 3.39. The summed E-state index contributed by atoms with van der Waals surface area (Å²) in [6.07, 6.45) is 10.8. The smallest absolute Gasteiger partial charge is 0.312 e. The van der Waals surface area contributed by atoms with Crippen molar-refractivity contribution in [2.45, 2.75) is 108 Å². The number of aliphatic hydroxyl groups is 1. The van der Waals surface area contributed by atoms with Crippen LogP contribution >= 0.6 is 0 Å². The topological polar surface area (TPSA) is 96.4 Å². The molecule has 4 rings (SSSR count). The first kappa shape index (κ1) is 28.1. The summed E-state index contributed by atoms with van der Waals surface area (Å²) in [4.78, 5) is 45.6. The maximum Gasteiger partial charge on any atom is 0.312 e. The van der Waals surface area contributed by atoms with E-state index < -0.39 is 35.0 Å². The van der Waals surface area contributed by atoms with Gasteiger partial charge in [-0.3, -0.25) is 14.4 Å². The van der Waals surface area contributed by atoms with E-state index in [0.717, 1.165) is 51.4 Å². The van der Waals surface area contributed by atoms with Crippen molar-refractivity contribution >= 4 is 17.8 Å². The van der Waals surface area contributed by atoms with Crippen molar-refractivity contribution in [3.63, 3.8) is 0 Å². The van der Waals surface area contributed by atoms with Gasteiger partial charge in [0, 0.05) is 25.7 Å². The van der Waals surface area contributed by atoms with Crippen LogP contribution in [0, 0.1) is 17.8 Å². The van der Waals surface area contributed by atoms with Crippen molar-refractivity contribution in [3.8, 4) is 0 Å². The predicted octanol–water partition coefficient (Wildman–Crippen LogP) is 3.46. The summed E-state index contributed by atoms with van der Waals surface area (Å²) < 4.78 is 12.2. The Morgan fingerprint density at radius 2 is 1.92 bits per heavy atom. The van der Waals surface area contributed by atoms with Gasteiger partial charge >= 0.3 is 5.97 Å². The van der Waals surface area contributed by atoms with Crippen molar-refractivity contribution in [2.24, 2.45) is 17.8 Å². The molecule has 8 nitrogen and oxygen atoms in total. The van der Waals surface area contributed by atoms with Crippen LogP contribution in [-0.2, 0) is 23.9 Å². The number of likely N-dealkylation sites (tertiary alicyclic amines) is 1. The second-order valence-corrected chi connectivity index (χ2v) is 11.7. The first-order valence-electron chi connectivity index (χ1n) is 14.5. The largest absolute Gasteiger partial charge is 0.466 e. The molecule has 1 spiro atoms. The van der Waals surface area contributed by atoms with Crippen molar-refractivity contribution in [1.82, 2.24) is 9.80 Å². The van der Waals surface area contributed by atoms with Crippen LogP contribution in [0.3, 0.4) is 0 Å². The van der Waals surface area contributed by atoms with Gasteiger partial charge in [0.25, 0.3) is 0 Å². The Labute approximate surface area is 221 Å². The molecular weight excluding hydrogens is 472 g/mol. The minimum absolute atomic E-state index is 0.00768. The lowest BCUT2D eigenvalue weighted by Gasteiger charge is -2.41. The highest BCUT2D eigenvalue weighted by atomic mass is 16.6. The van der Waals surface area contributed by atoms with Gasteiger partial charge < -0.3 is 24.4 Å². The van der Waals surface area contributed by atoms with Gasteiger partial charge in [0.2, 0.25) is 11.8 Å². The molecule has 6 atom stereocenters. The van der Waals surface area contributed by atoms with Crippen molar-refractivity contribution in [2.75, 3.05) is 26.3 Å². The summed E-state index contributed by atoms with van der Waals surface area (Å²) >= 11 is 0. The molecule has 0 aromatic carbocycles. The zero-order valence-electron chi connectivity index (χ0n) is 23.0. The van der Waals surface area contributed by atoms with Crippen LogP contribution in [0.1, 0.15) is 85.0 Å². The third-order valence-corrected chi connectivity index (χ3v) is 9.52. The summed E-state index contributed by atoms with van der Waals surface area (Å²) in [5, 5.41) is 9.14. The lowest BCUT2D eigenvalue weighted by atomic mass is 9.62. The molecule has 8 heteroatoms. The van der Waals surface area contributed by atoms with Gasteiger partial charge in [0.15, 0.2) is 0 Å². The highest BCUT2D eigenvalue weighted by molar-refractivity contribution is 5.98. The van der Waals surface area contributed by atoms with Crippen molar-refractivity contribution in [3.05, 3.63) is 12.7 Å². The van der Waals surface area contributed by atoms with Crippen LogP contribution < -0.4 is 0 Å². The Kier molecular flexibility index (Phi) is 8.68. The van der Waals surface area contributed by atoms with Crippen LogP contribution in [0.25, 0.3) is 0 Å². The van der Waals surface area contributed by atoms with E-state index in [9.17, 15) is 14.4 Å². The predicted molar refractivity (Wildman–Crippen MR) is 139 cm³/mol. The van der Waals surface area contributed by atoms with Crippen LogP contribution in [0.4, 0.5) is 0 Å². The number of aliphatic hydroxyl groups excluding tert-OH is 1. The molecular formula is C29H46N2O6. The number of amides is 2. The van der Waals surface area contributed by atoms with Crippen LogP contribution in [0.5, 0.6) is 0 Å². The molecule has 0 aromatic rings. The van der Waals surface area contributed by atoms with E-state index >= 15 is 0 Å². The molecule has 1 aliphatic carbocycles. The molecule has 3 heterocycles. The standard InChI is InChI=1S/C29H46N2O6/c1-5-16-30(21-14-10-9-11-15-21)26(34)24-29-19-20(3)28(4,37-29)23(27(35)36-6-2)22(29)25(33)31(24)17-12-7-8-13-18-32/h5,20-24,32H,1,6-19H2,2-4H3/t20?,22-,23+,24?,28-,29?/m0/s1. The van der Waals surface area contributed by atoms with E-state index in [1.807, 2.05) is 11.8 Å². The summed E-state index contributed by atoms with van der Waals surface area (Å²) in [5.41, 5.74) is -1.87. The van der Waals surface area contributed by atoms with Gasteiger partial charge in [-0.1, -0.05) is 45.1 Å². The van der Waals surface area contributed by atoms with Crippen LogP contribution in [0.2, 0.25) is 0 Å². The van der Waals surface area contributed by atoms with Gasteiger partial charge in [0.1, 0.15) is 17.6 Å². The van der Waals surface area contributed by atoms with Gasteiger partial charge in [0.05, 0.1) is 18.1 Å². The Morgan fingerprint density at radius 3 is 2.57 bits per heavy atom. The van der Waals surface area contributed by atoms with E-state index in [1.165, 1.54) is 6.42 Å². The minimum Gasteiger partial charge on any atom is -0.466 e. The van der Waals surface area contributed by atoms with Crippen LogP contribution in [0.15, 0.2) is 12.7 Å². The van der Waals surface area contributed by atoms with E-state index in [-0.39, 0.29) is 37.0 Å². The quantitative estimate of drug-likeness (QED) is 0.242. The van der Waals surface area contributed by atoms with E-state index in [4.69, 9.17) is 14.6 Å². The molecule has 3 saturated heterocycles. The number of rotatable bonds is 12. The number of carbonyl (C=O) groups is 3. The molecule has 0 radical (unpaired) electrons. The van der Waals surface area contributed by atoms with Gasteiger partial charge in [-0.25, -0.2) is 0 Å². The Balaban J connectivity index is 1.71. The average molecular weight is 519 g/mol. The Morgan fingerprint density at radius 1 is 1.22 bits per heavy atom. The highest BCUT2D eigenvalue weighted by Crippen LogP contribution is 2.65. The molecule has 1 saturated carbocycles. The maximum atomic E-state index is 14.5. The first-order valence-corrected chi connectivity index (χ1v) is 14.5. The molecule has 208 valence electrons. The number of fused-ring (bicyclic) bond motifs is 1. The number of carbonyl (C=O) groups excluding carboxylic acids is 3. The summed E-state index contributed by atoms with van der Waals surface area (Å²) in [7, 11) is 0. The third kappa shape index (κ3) is 4.73. The van der Waals surface area contributed by atoms with E-state index in [1.54, 1.807) is 17.9 Å². The zero-order valence-corrected chi connectivity index (χ0v) is 23.0. The lowest BCUT2D eigenvalue weighted by molar-refractivity contribution is -0.162. The molecule has 0 aromatic heterocycles. The van der Waals surface area contributed by atoms with E-state index in [2.05, 4.69) is 13.5 Å². The first-order chi connectivity index (χ1) is 17.8. The van der Waals surface area contributed by atoms with Crippen molar-refractivity contribution in [1.29, 1.82) is 0 Å². The SMILES string of the molecule is C=CCN(C(=O)C1N(CCCCCCO)C(=O)[C@@H]2[C@H](C(=O)OCC)[C@@]3(C)OC12CC3C)C1CCCCC1. The summed E-state index contributed by atoms with van der Waals surface area (Å²) in [5.74, 6) is -2.05. The Bertz CT molecular complexity index is 872. The van der Waals surface area contributed by atoms with Crippen LogP contribution in [-0.4, -0.2) is 82.3 Å². The molecule has 2 bridgehead atoms. The van der Waals surface area contributed by atoms with Crippen molar-refractivity contribution < 1.29 is 29.0 Å².